The Labute approximate surface area is 269 Å². The third-order valence-electron chi connectivity index (χ3n) is 5.29. The molecule has 0 aliphatic carbocycles. The van der Waals surface area contributed by atoms with Crippen LogP contribution in [0.5, 0.6) is 0 Å². The molecular formula is C32H32Cl3F4N5. The van der Waals surface area contributed by atoms with E-state index in [0.29, 0.717) is 22.1 Å². The summed E-state index contributed by atoms with van der Waals surface area (Å²) >= 11 is 16.7. The van der Waals surface area contributed by atoms with Crippen LogP contribution in [-0.2, 0) is 0 Å². The third kappa shape index (κ3) is 15.2. The SMILES string of the molecule is Cc1c(N)cccc1Cl.Cc1ccc(F)cc1N.FN(F)c1ccccc1.Nc1ccc(F)c(Cl)c1.Nc1cccc(Cl)c1. The number of aryl methyl sites for hydroxylation is 1. The normalized spacial score (nSPS) is 9.39. The predicted molar refractivity (Wildman–Crippen MR) is 179 cm³/mol. The highest BCUT2D eigenvalue weighted by Crippen LogP contribution is 2.19. The van der Waals surface area contributed by atoms with E-state index in [9.17, 15) is 17.7 Å². The van der Waals surface area contributed by atoms with Crippen LogP contribution in [0.25, 0.3) is 0 Å². The maximum Gasteiger partial charge on any atom is 0.141 e. The Balaban J connectivity index is 0.000000275. The molecule has 234 valence electrons. The van der Waals surface area contributed by atoms with Crippen LogP contribution >= 0.6 is 34.8 Å². The number of hydrogen-bond acceptors (Lipinski definition) is 5. The fourth-order valence-corrected chi connectivity index (χ4v) is 3.36. The van der Waals surface area contributed by atoms with Crippen molar-refractivity contribution in [3.8, 4) is 0 Å². The Morgan fingerprint density at radius 3 is 1.59 bits per heavy atom. The fraction of sp³-hybridized carbons (Fsp3) is 0.0625. The second kappa shape index (κ2) is 19.8. The Morgan fingerprint density at radius 1 is 0.568 bits per heavy atom. The summed E-state index contributed by atoms with van der Waals surface area (Å²) < 4.78 is 47.8. The molecule has 0 aliphatic rings. The quantitative estimate of drug-likeness (QED) is 0.0808. The van der Waals surface area contributed by atoms with Gasteiger partial charge in [-0.2, -0.15) is 0 Å². The van der Waals surface area contributed by atoms with Gasteiger partial charge in [-0.1, -0.05) is 80.2 Å². The molecule has 0 heterocycles. The number of anilines is 5. The first-order chi connectivity index (χ1) is 20.7. The molecule has 8 N–H and O–H groups in total. The lowest BCUT2D eigenvalue weighted by Crippen LogP contribution is -1.93. The van der Waals surface area contributed by atoms with E-state index in [1.54, 1.807) is 42.5 Å². The monoisotopic (exact) mass is 667 g/mol. The van der Waals surface area contributed by atoms with Crippen LogP contribution in [0.3, 0.4) is 0 Å². The van der Waals surface area contributed by atoms with Crippen LogP contribution in [-0.4, -0.2) is 0 Å². The van der Waals surface area contributed by atoms with Gasteiger partial charge in [0.15, 0.2) is 0 Å². The molecule has 5 aromatic rings. The molecule has 12 heteroatoms. The minimum atomic E-state index is -0.917. The zero-order chi connectivity index (χ0) is 33.2. The Hall–Kier alpha value is -4.31. The first-order valence-corrected chi connectivity index (χ1v) is 13.7. The van der Waals surface area contributed by atoms with Crippen molar-refractivity contribution >= 4 is 63.2 Å². The van der Waals surface area contributed by atoms with Crippen LogP contribution in [0.4, 0.5) is 46.2 Å². The van der Waals surface area contributed by atoms with Gasteiger partial charge in [-0.25, -0.2) is 8.78 Å². The number of nitrogens with zero attached hydrogens (tertiary/aromatic N) is 1. The largest absolute Gasteiger partial charge is 0.399 e. The van der Waals surface area contributed by atoms with E-state index in [-0.39, 0.29) is 16.5 Å². The minimum Gasteiger partial charge on any atom is -0.399 e. The molecular weight excluding hydrogens is 637 g/mol. The van der Waals surface area contributed by atoms with E-state index in [4.69, 9.17) is 57.7 Å². The molecule has 0 radical (unpaired) electrons. The van der Waals surface area contributed by atoms with Gasteiger partial charge in [0.1, 0.15) is 17.3 Å². The zero-order valence-electron chi connectivity index (χ0n) is 23.8. The van der Waals surface area contributed by atoms with Crippen molar-refractivity contribution in [3.63, 3.8) is 0 Å². The summed E-state index contributed by atoms with van der Waals surface area (Å²) in [6, 6.07) is 28.5. The van der Waals surface area contributed by atoms with Gasteiger partial charge < -0.3 is 22.9 Å². The molecule has 0 spiro atoms. The number of halogens is 7. The van der Waals surface area contributed by atoms with Gasteiger partial charge >= 0.3 is 0 Å². The van der Waals surface area contributed by atoms with E-state index in [0.717, 1.165) is 21.8 Å². The zero-order valence-corrected chi connectivity index (χ0v) is 26.1. The fourth-order valence-electron chi connectivity index (χ4n) is 2.80. The van der Waals surface area contributed by atoms with Gasteiger partial charge in [-0.3, -0.25) is 0 Å². The predicted octanol–water partition coefficient (Wildman–Crippen LogP) is 10.2. The first-order valence-electron chi connectivity index (χ1n) is 12.6. The van der Waals surface area contributed by atoms with Crippen LogP contribution in [0.1, 0.15) is 11.1 Å². The molecule has 5 rings (SSSR count). The van der Waals surface area contributed by atoms with Crippen LogP contribution in [0.15, 0.2) is 109 Å². The second-order valence-corrected chi connectivity index (χ2v) is 10.0. The van der Waals surface area contributed by atoms with Crippen molar-refractivity contribution in [1.82, 2.24) is 0 Å². The summed E-state index contributed by atoms with van der Waals surface area (Å²) in [4.78, 5) is 0. The molecule has 0 atom stereocenters. The second-order valence-electron chi connectivity index (χ2n) is 8.75. The van der Waals surface area contributed by atoms with Gasteiger partial charge in [-0.05, 0) is 103 Å². The minimum absolute atomic E-state index is 0.0648. The van der Waals surface area contributed by atoms with Crippen molar-refractivity contribution in [2.75, 3.05) is 28.3 Å². The van der Waals surface area contributed by atoms with Crippen LogP contribution in [0.2, 0.25) is 15.1 Å². The van der Waals surface area contributed by atoms with E-state index >= 15 is 0 Å². The number of hydrogen-bond donors (Lipinski definition) is 4. The molecule has 0 saturated heterocycles. The summed E-state index contributed by atoms with van der Waals surface area (Å²) in [6.45, 7) is 3.74. The summed E-state index contributed by atoms with van der Waals surface area (Å²) in [5.41, 5.74) is 25.8. The van der Waals surface area contributed by atoms with Crippen molar-refractivity contribution in [1.29, 1.82) is 0 Å². The van der Waals surface area contributed by atoms with E-state index in [2.05, 4.69) is 0 Å². The van der Waals surface area contributed by atoms with Crippen molar-refractivity contribution in [2.24, 2.45) is 0 Å². The highest BCUT2D eigenvalue weighted by Gasteiger charge is 1.98. The molecule has 0 aromatic heterocycles. The molecule has 5 nitrogen and oxygen atoms in total. The first kappa shape index (κ1) is 37.7. The lowest BCUT2D eigenvalue weighted by Gasteiger charge is -1.98. The molecule has 0 fully saturated rings. The topological polar surface area (TPSA) is 107 Å². The van der Waals surface area contributed by atoms with Gasteiger partial charge in [0.2, 0.25) is 0 Å². The Morgan fingerprint density at radius 2 is 1.18 bits per heavy atom. The van der Waals surface area contributed by atoms with Crippen molar-refractivity contribution in [3.05, 3.63) is 147 Å². The van der Waals surface area contributed by atoms with Crippen LogP contribution in [0, 0.1) is 25.5 Å². The van der Waals surface area contributed by atoms with Gasteiger partial charge in [0.25, 0.3) is 0 Å². The maximum absolute atomic E-state index is 12.3. The molecule has 0 aliphatic heterocycles. The Bertz CT molecular complexity index is 1490. The highest BCUT2D eigenvalue weighted by atomic mass is 35.5. The molecule has 0 saturated carbocycles. The van der Waals surface area contributed by atoms with Gasteiger partial charge in [0, 0.05) is 32.8 Å². The van der Waals surface area contributed by atoms with Gasteiger partial charge in [0.05, 0.1) is 5.02 Å². The number of nitrogens with two attached hydrogens (primary N) is 4. The highest BCUT2D eigenvalue weighted by molar-refractivity contribution is 6.31. The lowest BCUT2D eigenvalue weighted by molar-refractivity contribution is 0.235. The molecule has 0 unspecified atom stereocenters. The van der Waals surface area contributed by atoms with Crippen LogP contribution < -0.4 is 28.3 Å². The molecule has 5 aromatic carbocycles. The number of rotatable bonds is 1. The van der Waals surface area contributed by atoms with Gasteiger partial charge in [-0.15, -0.1) is 0 Å². The molecule has 0 bridgehead atoms. The average molecular weight is 669 g/mol. The smallest absolute Gasteiger partial charge is 0.141 e. The lowest BCUT2D eigenvalue weighted by atomic mass is 10.2. The molecule has 44 heavy (non-hydrogen) atoms. The average Bonchev–Trinajstić information content (AvgIpc) is 2.98. The summed E-state index contributed by atoms with van der Waals surface area (Å²) in [5, 5.41) is 0.565. The van der Waals surface area contributed by atoms with Crippen molar-refractivity contribution < 1.29 is 17.7 Å². The summed E-state index contributed by atoms with van der Waals surface area (Å²) in [6.07, 6.45) is 0. The van der Waals surface area contributed by atoms with E-state index < -0.39 is 11.2 Å². The van der Waals surface area contributed by atoms with E-state index in [1.807, 2.05) is 38.1 Å². The van der Waals surface area contributed by atoms with E-state index in [1.165, 1.54) is 42.5 Å². The standard InChI is InChI=1S/C7H8ClN.C7H8FN.C6H5ClFN.C6H6ClN.C6H5F2N/c1-5-6(8)3-2-4-7(5)9;1-5-2-3-6(8)4-7(5)9;7-5-3-4(9)1-2-6(5)8;7-5-2-1-3-6(8)4-5;7-9(8)6-4-2-1-3-5-6/h2*2-4H,9H2,1H3;1-3H,9H2;1-4H,8H2;1-5H. The Kier molecular flexibility index (Phi) is 17.0. The number of benzene rings is 5. The third-order valence-corrected chi connectivity index (χ3v) is 6.23. The summed E-state index contributed by atoms with van der Waals surface area (Å²) in [5.74, 6) is -0.719. The number of nitrogen functional groups attached to an aromatic ring is 4. The number of para-hydroxylation sites is 1. The summed E-state index contributed by atoms with van der Waals surface area (Å²) in [7, 11) is 0. The maximum atomic E-state index is 12.3. The molecule has 0 amide bonds. The van der Waals surface area contributed by atoms with Crippen molar-refractivity contribution in [2.45, 2.75) is 13.8 Å².